The molecule has 0 saturated carbocycles. The Labute approximate surface area is 104 Å². The normalized spacial score (nSPS) is 11.9. The van der Waals surface area contributed by atoms with Gasteiger partial charge in [-0.2, -0.15) is 15.1 Å². The number of hydrogen-bond donors (Lipinski definition) is 2. The number of rotatable bonds is 4. The van der Waals surface area contributed by atoms with E-state index in [1.54, 1.807) is 18.1 Å². The first-order valence-corrected chi connectivity index (χ1v) is 7.28. The van der Waals surface area contributed by atoms with E-state index in [0.29, 0.717) is 23.4 Å². The molecule has 0 radical (unpaired) electrons. The molecule has 0 aromatic carbocycles. The third-order valence-corrected chi connectivity index (χ3v) is 3.39. The molecule has 2 heterocycles. The average Bonchev–Trinajstić information content (AvgIpc) is 2.71. The van der Waals surface area contributed by atoms with Crippen LogP contribution in [0.5, 0.6) is 0 Å². The summed E-state index contributed by atoms with van der Waals surface area (Å²) in [6.07, 6.45) is 2.78. The van der Waals surface area contributed by atoms with Crippen LogP contribution in [0.4, 0.5) is 11.8 Å². The number of H-pyrrole nitrogens is 1. The molecule has 0 amide bonds. The molecule has 0 aliphatic rings. The second-order valence-electron chi connectivity index (χ2n) is 4.09. The van der Waals surface area contributed by atoms with Crippen molar-refractivity contribution in [1.29, 1.82) is 0 Å². The van der Waals surface area contributed by atoms with E-state index in [4.69, 9.17) is 5.73 Å². The van der Waals surface area contributed by atoms with Gasteiger partial charge in [0.1, 0.15) is 15.7 Å². The lowest BCUT2D eigenvalue weighted by Gasteiger charge is -2.18. The average molecular weight is 270 g/mol. The first-order valence-electron chi connectivity index (χ1n) is 5.22. The first kappa shape index (κ1) is 12.6. The molecular formula is C9H14N6O2S. The van der Waals surface area contributed by atoms with Crippen molar-refractivity contribution >= 4 is 32.6 Å². The van der Waals surface area contributed by atoms with Gasteiger partial charge in [-0.3, -0.25) is 5.10 Å². The molecule has 8 nitrogen and oxygen atoms in total. The maximum atomic E-state index is 11.1. The van der Waals surface area contributed by atoms with Gasteiger partial charge >= 0.3 is 0 Å². The molecule has 2 aromatic rings. The predicted molar refractivity (Wildman–Crippen MR) is 69.1 cm³/mol. The minimum absolute atomic E-state index is 0.0484. The van der Waals surface area contributed by atoms with Gasteiger partial charge in [0.15, 0.2) is 5.65 Å². The number of aromatic nitrogens is 4. The quantitative estimate of drug-likeness (QED) is 0.762. The zero-order valence-corrected chi connectivity index (χ0v) is 10.9. The van der Waals surface area contributed by atoms with Gasteiger partial charge in [-0.1, -0.05) is 0 Å². The van der Waals surface area contributed by atoms with Crippen LogP contribution in [0.1, 0.15) is 0 Å². The molecule has 18 heavy (non-hydrogen) atoms. The Balaban J connectivity index is 2.32. The number of nitrogens with two attached hydrogens (primary N) is 1. The van der Waals surface area contributed by atoms with Crippen LogP contribution in [-0.4, -0.2) is 54.2 Å². The zero-order valence-electron chi connectivity index (χ0n) is 10.1. The molecule has 0 aliphatic heterocycles. The molecule has 3 N–H and O–H groups in total. The minimum Gasteiger partial charge on any atom is -0.368 e. The van der Waals surface area contributed by atoms with Gasteiger partial charge < -0.3 is 10.6 Å². The summed E-state index contributed by atoms with van der Waals surface area (Å²) < 4.78 is 22.3. The lowest BCUT2D eigenvalue weighted by molar-refractivity contribution is 0.601. The summed E-state index contributed by atoms with van der Waals surface area (Å²) in [7, 11) is -1.27. The minimum atomic E-state index is -3.02. The van der Waals surface area contributed by atoms with Gasteiger partial charge in [0.2, 0.25) is 5.95 Å². The molecular weight excluding hydrogens is 256 g/mol. The van der Waals surface area contributed by atoms with Crippen LogP contribution in [0.3, 0.4) is 0 Å². The Morgan fingerprint density at radius 1 is 1.44 bits per heavy atom. The highest BCUT2D eigenvalue weighted by molar-refractivity contribution is 7.90. The third kappa shape index (κ3) is 2.67. The SMILES string of the molecule is CN(CCS(C)(=O)=O)c1nc(N)nc2[nH]ncc12. The number of fused-ring (bicyclic) bond motifs is 1. The topological polar surface area (TPSA) is 118 Å². The van der Waals surface area contributed by atoms with Gasteiger partial charge in [0, 0.05) is 19.8 Å². The molecule has 2 aromatic heterocycles. The van der Waals surface area contributed by atoms with Gasteiger partial charge in [-0.15, -0.1) is 0 Å². The molecule has 9 heteroatoms. The lowest BCUT2D eigenvalue weighted by Crippen LogP contribution is -2.26. The van der Waals surface area contributed by atoms with Crippen molar-refractivity contribution in [3.63, 3.8) is 0 Å². The van der Waals surface area contributed by atoms with Crippen molar-refractivity contribution in [1.82, 2.24) is 20.2 Å². The van der Waals surface area contributed by atoms with Gasteiger partial charge in [0.25, 0.3) is 0 Å². The molecule has 0 fully saturated rings. The monoisotopic (exact) mass is 270 g/mol. The van der Waals surface area contributed by atoms with E-state index in [2.05, 4.69) is 20.2 Å². The Kier molecular flexibility index (Phi) is 3.07. The highest BCUT2D eigenvalue weighted by Gasteiger charge is 2.13. The molecule has 0 saturated heterocycles. The zero-order chi connectivity index (χ0) is 13.3. The Morgan fingerprint density at radius 2 is 2.17 bits per heavy atom. The molecule has 0 aliphatic carbocycles. The van der Waals surface area contributed by atoms with E-state index >= 15 is 0 Å². The molecule has 2 rings (SSSR count). The van der Waals surface area contributed by atoms with Crippen LogP contribution in [0.2, 0.25) is 0 Å². The predicted octanol–water partition coefficient (Wildman–Crippen LogP) is -0.584. The van der Waals surface area contributed by atoms with Crippen molar-refractivity contribution in [3.05, 3.63) is 6.20 Å². The van der Waals surface area contributed by atoms with Crippen LogP contribution in [0.25, 0.3) is 11.0 Å². The van der Waals surface area contributed by atoms with Crippen molar-refractivity contribution < 1.29 is 8.42 Å². The van der Waals surface area contributed by atoms with Gasteiger partial charge in [0.05, 0.1) is 17.3 Å². The molecule has 0 atom stereocenters. The summed E-state index contributed by atoms with van der Waals surface area (Å²) >= 11 is 0. The molecule has 0 bridgehead atoms. The number of nitrogens with one attached hydrogen (secondary N) is 1. The third-order valence-electron chi connectivity index (χ3n) is 2.47. The van der Waals surface area contributed by atoms with Crippen LogP contribution < -0.4 is 10.6 Å². The highest BCUT2D eigenvalue weighted by atomic mass is 32.2. The largest absolute Gasteiger partial charge is 0.368 e. The van der Waals surface area contributed by atoms with Crippen LogP contribution in [0, 0.1) is 0 Å². The standard InChI is InChI=1S/C9H14N6O2S/c1-15(3-4-18(2,16)17)8-6-5-11-14-7(6)12-9(10)13-8/h5H,3-4H2,1-2H3,(H3,10,11,12,13,14). The number of nitrogens with zero attached hydrogens (tertiary/aromatic N) is 4. The van der Waals surface area contributed by atoms with E-state index in [9.17, 15) is 8.42 Å². The maximum Gasteiger partial charge on any atom is 0.224 e. The second kappa shape index (κ2) is 4.41. The second-order valence-corrected chi connectivity index (χ2v) is 6.35. The van der Waals surface area contributed by atoms with Crippen LogP contribution >= 0.6 is 0 Å². The Hall–Kier alpha value is -1.90. The fourth-order valence-electron chi connectivity index (χ4n) is 1.54. The Bertz CT molecular complexity index is 665. The van der Waals surface area contributed by atoms with Crippen molar-refractivity contribution in [2.45, 2.75) is 0 Å². The van der Waals surface area contributed by atoms with Crippen LogP contribution in [-0.2, 0) is 9.84 Å². The summed E-state index contributed by atoms with van der Waals surface area (Å²) in [5, 5.41) is 7.28. The lowest BCUT2D eigenvalue weighted by atomic mass is 10.3. The van der Waals surface area contributed by atoms with E-state index < -0.39 is 9.84 Å². The number of sulfone groups is 1. The Morgan fingerprint density at radius 3 is 2.83 bits per heavy atom. The summed E-state index contributed by atoms with van der Waals surface area (Å²) in [5.74, 6) is 0.732. The number of aromatic amines is 1. The van der Waals surface area contributed by atoms with Crippen molar-refractivity contribution in [2.75, 3.05) is 36.2 Å². The first-order chi connectivity index (χ1) is 8.37. The van der Waals surface area contributed by atoms with Gasteiger partial charge in [-0.05, 0) is 0 Å². The summed E-state index contributed by atoms with van der Waals surface area (Å²) in [4.78, 5) is 9.82. The fourth-order valence-corrected chi connectivity index (χ4v) is 2.14. The van der Waals surface area contributed by atoms with E-state index in [0.717, 1.165) is 0 Å². The summed E-state index contributed by atoms with van der Waals surface area (Å²) in [5.41, 5.74) is 6.12. The molecule has 0 spiro atoms. The van der Waals surface area contributed by atoms with Crippen molar-refractivity contribution in [3.8, 4) is 0 Å². The number of anilines is 2. The van der Waals surface area contributed by atoms with E-state index in [-0.39, 0.29) is 11.7 Å². The summed E-state index contributed by atoms with van der Waals surface area (Å²) in [6.45, 7) is 0.329. The van der Waals surface area contributed by atoms with Crippen molar-refractivity contribution in [2.24, 2.45) is 0 Å². The fraction of sp³-hybridized carbons (Fsp3) is 0.444. The maximum absolute atomic E-state index is 11.1. The van der Waals surface area contributed by atoms with Gasteiger partial charge in [-0.25, -0.2) is 8.42 Å². The van der Waals surface area contributed by atoms with Crippen LogP contribution in [0.15, 0.2) is 6.20 Å². The molecule has 98 valence electrons. The summed E-state index contributed by atoms with van der Waals surface area (Å²) in [6, 6.07) is 0. The number of hydrogen-bond acceptors (Lipinski definition) is 7. The van der Waals surface area contributed by atoms with E-state index in [1.807, 2.05) is 0 Å². The molecule has 0 unspecified atom stereocenters. The van der Waals surface area contributed by atoms with E-state index in [1.165, 1.54) is 6.26 Å². The smallest absolute Gasteiger partial charge is 0.224 e. The number of nitrogen functional groups attached to an aromatic ring is 1. The highest BCUT2D eigenvalue weighted by Crippen LogP contribution is 2.21.